The first-order valence-corrected chi connectivity index (χ1v) is 14.3. The standard InChI is InChI=1S/C32H27F3N2O11/c1-14(2)37(32(33,34)31(46)48-35)12-18(19(13-37)36-29(43)15-6-8-16(38)9-7-15)28-27(42)25-22(47-28)11-10-21(40)24(25)26(41)23-17(30(44)45)4-3-5-20(23)39/h3-11,14,18-19H,12-13H2,1-2H3,(H5-,36,38,39,40,41,42,43,44,45)/p+1. The summed E-state index contributed by atoms with van der Waals surface area (Å²) in [5, 5.41) is 54.1. The van der Waals surface area contributed by atoms with Crippen molar-refractivity contribution in [2.75, 3.05) is 13.1 Å². The molecule has 3 aromatic carbocycles. The Kier molecular flexibility index (Phi) is 8.47. The van der Waals surface area contributed by atoms with Gasteiger partial charge in [0.25, 0.3) is 5.91 Å². The van der Waals surface area contributed by atoms with Crippen LogP contribution in [-0.4, -0.2) is 84.9 Å². The first-order valence-electron chi connectivity index (χ1n) is 14.3. The average molecular weight is 674 g/mol. The number of benzene rings is 3. The van der Waals surface area contributed by atoms with Crippen LogP contribution in [0.15, 0.2) is 59.0 Å². The Morgan fingerprint density at radius 3 is 2.19 bits per heavy atom. The largest absolute Gasteiger partial charge is 0.508 e. The molecule has 16 heteroatoms. The number of halogens is 3. The number of likely N-dealkylation sites (tertiary alicyclic amines) is 1. The zero-order chi connectivity index (χ0) is 35.3. The van der Waals surface area contributed by atoms with Crippen LogP contribution < -0.4 is 5.32 Å². The van der Waals surface area contributed by atoms with E-state index in [4.69, 9.17) is 4.42 Å². The fraction of sp³-hybridized carbons (Fsp3) is 0.250. The summed E-state index contributed by atoms with van der Waals surface area (Å²) in [5.74, 6) is -10.5. The summed E-state index contributed by atoms with van der Waals surface area (Å²) in [6.45, 7) is 1.16. The Balaban J connectivity index is 1.69. The number of nitrogens with zero attached hydrogens (tertiary/aromatic N) is 1. The average Bonchev–Trinajstić information content (AvgIpc) is 3.59. The molecule has 2 heterocycles. The van der Waals surface area contributed by atoms with Crippen molar-refractivity contribution in [2.45, 2.75) is 37.9 Å². The van der Waals surface area contributed by atoms with Crippen molar-refractivity contribution in [1.29, 1.82) is 0 Å². The third-order valence-electron chi connectivity index (χ3n) is 8.74. The molecule has 4 aromatic rings. The molecular weight excluding hydrogens is 645 g/mol. The number of hydrogen-bond donors (Lipinski definition) is 6. The molecule has 0 bridgehead atoms. The number of hydrogen-bond acceptors (Lipinski definition) is 10. The van der Waals surface area contributed by atoms with Crippen molar-refractivity contribution < 1.29 is 71.9 Å². The number of alkyl halides is 2. The molecule has 3 unspecified atom stereocenters. The molecule has 48 heavy (non-hydrogen) atoms. The van der Waals surface area contributed by atoms with Gasteiger partial charge in [-0.15, -0.1) is 8.78 Å². The number of phenols is 3. The van der Waals surface area contributed by atoms with E-state index in [-0.39, 0.29) is 16.9 Å². The van der Waals surface area contributed by atoms with Gasteiger partial charge in [-0.3, -0.25) is 9.59 Å². The summed E-state index contributed by atoms with van der Waals surface area (Å²) < 4.78 is 48.8. The van der Waals surface area contributed by atoms with Crippen LogP contribution in [-0.2, 0) is 9.74 Å². The third kappa shape index (κ3) is 5.29. The van der Waals surface area contributed by atoms with E-state index >= 15 is 8.78 Å². The number of nitrogens with one attached hydrogen (secondary N) is 1. The van der Waals surface area contributed by atoms with Crippen LogP contribution in [0.3, 0.4) is 0 Å². The predicted molar refractivity (Wildman–Crippen MR) is 157 cm³/mol. The van der Waals surface area contributed by atoms with Gasteiger partial charge in [0.05, 0.1) is 46.6 Å². The van der Waals surface area contributed by atoms with E-state index in [9.17, 15) is 49.2 Å². The molecule has 0 aliphatic carbocycles. The van der Waals surface area contributed by atoms with Crippen LogP contribution in [0.25, 0.3) is 11.0 Å². The smallest absolute Gasteiger partial charge is 0.495 e. The van der Waals surface area contributed by atoms with Gasteiger partial charge in [0.1, 0.15) is 29.4 Å². The third-order valence-corrected chi connectivity index (χ3v) is 8.74. The number of aromatic hydroxyl groups is 4. The summed E-state index contributed by atoms with van der Waals surface area (Å²) in [6, 6.07) is 3.26. The molecule has 0 spiro atoms. The number of carboxylic acids is 1. The Labute approximate surface area is 268 Å². The van der Waals surface area contributed by atoms with E-state index in [0.29, 0.717) is 0 Å². The van der Waals surface area contributed by atoms with Gasteiger partial charge in [0, 0.05) is 10.1 Å². The minimum Gasteiger partial charge on any atom is -0.508 e. The summed E-state index contributed by atoms with van der Waals surface area (Å²) in [5.41, 5.74) is -2.32. The molecule has 1 aromatic heterocycles. The van der Waals surface area contributed by atoms with Gasteiger partial charge < -0.3 is 35.3 Å². The van der Waals surface area contributed by atoms with E-state index in [1.54, 1.807) is 0 Å². The number of quaternary nitrogens is 1. The lowest BCUT2D eigenvalue weighted by Gasteiger charge is -2.41. The van der Waals surface area contributed by atoms with Crippen LogP contribution >= 0.6 is 0 Å². The molecule has 0 radical (unpaired) electrons. The monoisotopic (exact) mass is 673 g/mol. The molecule has 5 rings (SSSR count). The molecule has 1 saturated heterocycles. The maximum atomic E-state index is 15.7. The highest BCUT2D eigenvalue weighted by atomic mass is 19.3. The lowest BCUT2D eigenvalue weighted by molar-refractivity contribution is -1.01. The second-order valence-corrected chi connectivity index (χ2v) is 11.6. The Morgan fingerprint density at radius 2 is 1.58 bits per heavy atom. The van der Waals surface area contributed by atoms with Crippen LogP contribution in [0, 0.1) is 0 Å². The van der Waals surface area contributed by atoms with Gasteiger partial charge in [-0.2, -0.15) is 0 Å². The molecule has 3 atom stereocenters. The Hall–Kier alpha value is -5.77. The molecule has 1 aliphatic heterocycles. The highest BCUT2D eigenvalue weighted by molar-refractivity contribution is 6.23. The molecule has 1 fully saturated rings. The van der Waals surface area contributed by atoms with Gasteiger partial charge in [-0.1, -0.05) is 6.07 Å². The van der Waals surface area contributed by atoms with E-state index in [0.717, 1.165) is 24.3 Å². The lowest BCUT2D eigenvalue weighted by atomic mass is 9.93. The van der Waals surface area contributed by atoms with Crippen molar-refractivity contribution in [2.24, 2.45) is 0 Å². The van der Waals surface area contributed by atoms with E-state index in [1.807, 2.05) is 0 Å². The van der Waals surface area contributed by atoms with Crippen LogP contribution in [0.1, 0.15) is 62.2 Å². The van der Waals surface area contributed by atoms with Crippen molar-refractivity contribution >= 4 is 34.6 Å². The number of rotatable bonds is 9. The molecular formula is C32H28F3N2O11+. The van der Waals surface area contributed by atoms with Crippen LogP contribution in [0.2, 0.25) is 0 Å². The number of amides is 1. The van der Waals surface area contributed by atoms with Crippen molar-refractivity contribution in [3.63, 3.8) is 0 Å². The number of ketones is 1. The number of carbonyl (C=O) groups excluding carboxylic acids is 3. The molecule has 252 valence electrons. The normalized spacial score (nSPS) is 19.4. The topological polar surface area (TPSA) is 204 Å². The zero-order valence-corrected chi connectivity index (χ0v) is 25.1. The predicted octanol–water partition coefficient (Wildman–Crippen LogP) is 4.33. The zero-order valence-electron chi connectivity index (χ0n) is 25.1. The first kappa shape index (κ1) is 33.6. The Morgan fingerprint density at radius 1 is 0.938 bits per heavy atom. The number of fused-ring (bicyclic) bond motifs is 1. The highest BCUT2D eigenvalue weighted by Gasteiger charge is 2.68. The summed E-state index contributed by atoms with van der Waals surface area (Å²) in [4.78, 5) is 53.8. The van der Waals surface area contributed by atoms with Crippen LogP contribution in [0.5, 0.6) is 23.0 Å². The van der Waals surface area contributed by atoms with E-state index < -0.39 is 110 Å². The lowest BCUT2D eigenvalue weighted by Crippen LogP contribution is -2.66. The molecule has 1 aliphatic rings. The van der Waals surface area contributed by atoms with Crippen molar-refractivity contribution in [3.8, 4) is 23.0 Å². The summed E-state index contributed by atoms with van der Waals surface area (Å²) in [7, 11) is 0. The van der Waals surface area contributed by atoms with Crippen molar-refractivity contribution in [3.05, 3.63) is 82.6 Å². The quantitative estimate of drug-likeness (QED) is 0.0839. The number of carbonyl (C=O) groups is 4. The van der Waals surface area contributed by atoms with Gasteiger partial charge in [-0.05, 0) is 62.4 Å². The number of furan rings is 1. The van der Waals surface area contributed by atoms with Gasteiger partial charge in [0.2, 0.25) is 5.78 Å². The highest BCUT2D eigenvalue weighted by Crippen LogP contribution is 2.49. The fourth-order valence-electron chi connectivity index (χ4n) is 6.26. The van der Waals surface area contributed by atoms with E-state index in [2.05, 4.69) is 10.3 Å². The molecule has 6 N–H and O–H groups in total. The number of phenolic OH excluding ortho intramolecular Hbond substituents is 3. The second-order valence-electron chi connectivity index (χ2n) is 11.6. The number of aromatic carboxylic acids is 1. The van der Waals surface area contributed by atoms with Gasteiger partial charge in [-0.25, -0.2) is 19.0 Å². The van der Waals surface area contributed by atoms with E-state index in [1.165, 1.54) is 44.2 Å². The minimum atomic E-state index is -4.52. The van der Waals surface area contributed by atoms with Crippen molar-refractivity contribution in [1.82, 2.24) is 5.32 Å². The molecule has 1 amide bonds. The summed E-state index contributed by atoms with van der Waals surface area (Å²) in [6.07, 6.45) is 0. The second kappa shape index (κ2) is 12.1. The van der Waals surface area contributed by atoms with Gasteiger partial charge >= 0.3 is 18.0 Å². The first-order chi connectivity index (χ1) is 22.5. The maximum Gasteiger partial charge on any atom is 0.495 e. The van der Waals surface area contributed by atoms with Gasteiger partial charge in [0.15, 0.2) is 11.5 Å². The SMILES string of the molecule is CC(C)[N+]1(C(F)(F)C(=O)OF)CC(NC(=O)c2ccc(O)cc2)C(c2oc3ccc(O)c(C(=O)c4c(O)cccc4C(=O)O)c3c2O)C1. The minimum absolute atomic E-state index is 0.000406. The number of carboxylic acid groups (broad SMARTS) is 1. The maximum absolute atomic E-state index is 15.7. The van der Waals surface area contributed by atoms with Crippen LogP contribution in [0.4, 0.5) is 13.3 Å². The summed E-state index contributed by atoms with van der Waals surface area (Å²) >= 11 is 0. The Bertz CT molecular complexity index is 1960. The molecule has 13 nitrogen and oxygen atoms in total. The molecule has 0 saturated carbocycles. The fourth-order valence-corrected chi connectivity index (χ4v) is 6.26.